The molecular formula is C13H20N2O3. The van der Waals surface area contributed by atoms with Gasteiger partial charge in [-0.25, -0.2) is 0 Å². The van der Waals surface area contributed by atoms with E-state index in [0.29, 0.717) is 6.61 Å². The molecule has 3 aliphatic heterocycles. The Kier molecular flexibility index (Phi) is 3.88. The Balaban J connectivity index is 2.09. The molecule has 3 aliphatic rings. The Morgan fingerprint density at radius 3 is 2.78 bits per heavy atom. The average Bonchev–Trinajstić information content (AvgIpc) is 2.40. The van der Waals surface area contributed by atoms with Gasteiger partial charge in [-0.1, -0.05) is 13.3 Å². The molecular weight excluding hydrogens is 232 g/mol. The highest BCUT2D eigenvalue weighted by atomic mass is 16.5. The highest BCUT2D eigenvalue weighted by Crippen LogP contribution is 2.40. The molecule has 18 heavy (non-hydrogen) atoms. The van der Waals surface area contributed by atoms with Crippen LogP contribution in [0.1, 0.15) is 32.6 Å². The maximum absolute atomic E-state index is 12.1. The molecule has 0 radical (unpaired) electrons. The van der Waals surface area contributed by atoms with Crippen molar-refractivity contribution in [1.82, 2.24) is 4.90 Å². The smallest absolute Gasteiger partial charge is 0.327 e. The first-order valence-corrected chi connectivity index (χ1v) is 6.67. The van der Waals surface area contributed by atoms with Crippen LogP contribution >= 0.6 is 0 Å². The van der Waals surface area contributed by atoms with Gasteiger partial charge in [-0.05, 0) is 32.4 Å². The largest absolute Gasteiger partial charge is 0.464 e. The minimum atomic E-state index is -1.57. The Bertz CT molecular complexity index is 358. The first-order chi connectivity index (χ1) is 8.63. The van der Waals surface area contributed by atoms with Crippen LogP contribution in [0, 0.1) is 17.2 Å². The van der Waals surface area contributed by atoms with Crippen molar-refractivity contribution < 1.29 is 14.6 Å². The van der Waals surface area contributed by atoms with Crippen molar-refractivity contribution in [3.8, 4) is 6.07 Å². The lowest BCUT2D eigenvalue weighted by molar-refractivity contribution is -0.176. The zero-order valence-corrected chi connectivity index (χ0v) is 10.8. The Morgan fingerprint density at radius 1 is 1.56 bits per heavy atom. The fraction of sp³-hybridized carbons (Fsp3) is 0.846. The van der Waals surface area contributed by atoms with E-state index in [0.717, 1.165) is 38.8 Å². The topological polar surface area (TPSA) is 73.6 Å². The summed E-state index contributed by atoms with van der Waals surface area (Å²) in [6.45, 7) is 3.92. The first-order valence-electron chi connectivity index (χ1n) is 6.67. The minimum absolute atomic E-state index is 0.101. The molecule has 5 heteroatoms. The molecule has 5 nitrogen and oxygen atoms in total. The van der Waals surface area contributed by atoms with Crippen LogP contribution in [-0.2, 0) is 9.53 Å². The van der Waals surface area contributed by atoms with Crippen LogP contribution in [0.25, 0.3) is 0 Å². The Hall–Kier alpha value is -1.12. The van der Waals surface area contributed by atoms with E-state index in [9.17, 15) is 15.2 Å². The molecule has 3 heterocycles. The van der Waals surface area contributed by atoms with E-state index in [1.165, 1.54) is 0 Å². The van der Waals surface area contributed by atoms with Crippen molar-refractivity contribution in [3.63, 3.8) is 0 Å². The molecule has 0 unspecified atom stereocenters. The predicted octanol–water partition coefficient (Wildman–Crippen LogP) is 0.679. The molecule has 3 rings (SSSR count). The van der Waals surface area contributed by atoms with Crippen LogP contribution in [0.2, 0.25) is 0 Å². The van der Waals surface area contributed by atoms with Gasteiger partial charge in [-0.2, -0.15) is 5.26 Å². The van der Waals surface area contributed by atoms with E-state index >= 15 is 0 Å². The molecule has 0 aliphatic carbocycles. The zero-order valence-electron chi connectivity index (χ0n) is 10.8. The van der Waals surface area contributed by atoms with E-state index in [1.807, 2.05) is 17.9 Å². The third kappa shape index (κ3) is 2.11. The number of piperidine rings is 3. The maximum atomic E-state index is 12.1. The molecule has 3 saturated heterocycles. The van der Waals surface area contributed by atoms with Crippen LogP contribution < -0.4 is 0 Å². The fourth-order valence-corrected chi connectivity index (χ4v) is 2.98. The number of hydrogen-bond donors (Lipinski definition) is 1. The van der Waals surface area contributed by atoms with Crippen molar-refractivity contribution >= 4 is 5.97 Å². The summed E-state index contributed by atoms with van der Waals surface area (Å²) in [5.74, 6) is -0.548. The van der Waals surface area contributed by atoms with Crippen LogP contribution in [0.3, 0.4) is 0 Å². The van der Waals surface area contributed by atoms with Crippen LogP contribution in [0.5, 0.6) is 0 Å². The zero-order chi connectivity index (χ0) is 13.2. The number of carbonyl (C=O) groups excluding carboxylic acids is 1. The number of nitriles is 1. The maximum Gasteiger partial charge on any atom is 0.327 e. The van der Waals surface area contributed by atoms with E-state index in [-0.39, 0.29) is 5.92 Å². The molecule has 0 saturated carbocycles. The molecule has 0 aromatic carbocycles. The normalized spacial score (nSPS) is 38.2. The second-order valence-corrected chi connectivity index (χ2v) is 5.17. The number of ether oxygens (including phenoxy) is 1. The average molecular weight is 252 g/mol. The summed E-state index contributed by atoms with van der Waals surface area (Å²) in [6, 6.07) is 1.15. The summed E-state index contributed by atoms with van der Waals surface area (Å²) < 4.78 is 5.18. The first kappa shape index (κ1) is 13.3. The number of rotatable bonds is 4. The number of nitrogens with zero attached hydrogens (tertiary/aromatic N) is 2. The van der Waals surface area contributed by atoms with Crippen LogP contribution in [-0.4, -0.2) is 47.3 Å². The molecule has 0 amide bonds. The van der Waals surface area contributed by atoms with Gasteiger partial charge in [0.15, 0.2) is 11.6 Å². The summed E-state index contributed by atoms with van der Waals surface area (Å²) >= 11 is 0. The SMILES string of the molecule is CCCCOC(=O)[C@H]1N2CCC(CC2)[C@]1(O)C#N. The van der Waals surface area contributed by atoms with Gasteiger partial charge in [-0.3, -0.25) is 9.69 Å². The molecule has 2 bridgehead atoms. The Labute approximate surface area is 107 Å². The molecule has 2 atom stereocenters. The lowest BCUT2D eigenvalue weighted by Crippen LogP contribution is -2.68. The number of carbonyl (C=O) groups is 1. The minimum Gasteiger partial charge on any atom is -0.464 e. The van der Waals surface area contributed by atoms with E-state index < -0.39 is 17.6 Å². The van der Waals surface area contributed by atoms with Crippen molar-refractivity contribution in [2.24, 2.45) is 5.92 Å². The highest BCUT2D eigenvalue weighted by molar-refractivity contribution is 5.78. The molecule has 0 aromatic heterocycles. The molecule has 1 N–H and O–H groups in total. The van der Waals surface area contributed by atoms with Gasteiger partial charge in [0.2, 0.25) is 0 Å². The molecule has 0 spiro atoms. The van der Waals surface area contributed by atoms with Crippen LogP contribution in [0.15, 0.2) is 0 Å². The number of esters is 1. The summed E-state index contributed by atoms with van der Waals surface area (Å²) in [4.78, 5) is 13.9. The van der Waals surface area contributed by atoms with E-state index in [1.54, 1.807) is 0 Å². The van der Waals surface area contributed by atoms with Crippen molar-refractivity contribution in [3.05, 3.63) is 0 Å². The number of fused-ring (bicyclic) bond motifs is 3. The van der Waals surface area contributed by atoms with Gasteiger partial charge in [0.05, 0.1) is 6.61 Å². The summed E-state index contributed by atoms with van der Waals surface area (Å²) in [6.07, 6.45) is 3.32. The van der Waals surface area contributed by atoms with Gasteiger partial charge < -0.3 is 9.84 Å². The second kappa shape index (κ2) is 5.25. The van der Waals surface area contributed by atoms with Crippen molar-refractivity contribution in [1.29, 1.82) is 5.26 Å². The van der Waals surface area contributed by atoms with Gasteiger partial charge in [-0.15, -0.1) is 0 Å². The summed E-state index contributed by atoms with van der Waals surface area (Å²) in [5, 5.41) is 19.7. The highest BCUT2D eigenvalue weighted by Gasteiger charge is 2.57. The fourth-order valence-electron chi connectivity index (χ4n) is 2.98. The summed E-state index contributed by atoms with van der Waals surface area (Å²) in [7, 11) is 0. The Morgan fingerprint density at radius 2 is 2.22 bits per heavy atom. The monoisotopic (exact) mass is 252 g/mol. The number of aliphatic hydroxyl groups is 1. The number of unbranched alkanes of at least 4 members (excludes halogenated alkanes) is 1. The standard InChI is InChI=1S/C13H20N2O3/c1-2-3-8-18-12(16)11-13(17,9-14)10-4-6-15(11)7-5-10/h10-11,17H,2-8H2,1H3/t11-,13-/m1/s1. The van der Waals surface area contributed by atoms with Crippen molar-refractivity contribution in [2.75, 3.05) is 19.7 Å². The van der Waals surface area contributed by atoms with Gasteiger partial charge in [0.25, 0.3) is 0 Å². The van der Waals surface area contributed by atoms with Gasteiger partial charge >= 0.3 is 5.97 Å². The molecule has 100 valence electrons. The lowest BCUT2D eigenvalue weighted by atomic mass is 9.71. The third-order valence-corrected chi connectivity index (χ3v) is 4.08. The van der Waals surface area contributed by atoms with E-state index in [2.05, 4.69) is 0 Å². The summed E-state index contributed by atoms with van der Waals surface area (Å²) in [5.41, 5.74) is -1.57. The quantitative estimate of drug-likeness (QED) is 0.452. The number of hydrogen-bond acceptors (Lipinski definition) is 5. The van der Waals surface area contributed by atoms with Crippen molar-refractivity contribution in [2.45, 2.75) is 44.2 Å². The van der Waals surface area contributed by atoms with E-state index in [4.69, 9.17) is 4.74 Å². The van der Waals surface area contributed by atoms with Crippen LogP contribution in [0.4, 0.5) is 0 Å². The second-order valence-electron chi connectivity index (χ2n) is 5.17. The third-order valence-electron chi connectivity index (χ3n) is 4.08. The van der Waals surface area contributed by atoms with Gasteiger partial charge in [0, 0.05) is 5.92 Å². The van der Waals surface area contributed by atoms with Gasteiger partial charge in [0.1, 0.15) is 6.07 Å². The predicted molar refractivity (Wildman–Crippen MR) is 64.5 cm³/mol. The lowest BCUT2D eigenvalue weighted by Gasteiger charge is -2.51. The molecule has 3 fully saturated rings. The molecule has 0 aromatic rings.